The van der Waals surface area contributed by atoms with Gasteiger partial charge in [0.25, 0.3) is 0 Å². The number of pyridine rings is 1. The van der Waals surface area contributed by atoms with Crippen LogP contribution in [0.2, 0.25) is 5.02 Å². The summed E-state index contributed by atoms with van der Waals surface area (Å²) in [6.45, 7) is 5.73. The van der Waals surface area contributed by atoms with Gasteiger partial charge in [0.05, 0.1) is 40.5 Å². The lowest BCUT2D eigenvalue weighted by Crippen LogP contribution is -2.18. The molecule has 0 atom stereocenters. The molecule has 0 aliphatic heterocycles. The van der Waals surface area contributed by atoms with Crippen molar-refractivity contribution in [2.75, 3.05) is 5.73 Å². The second-order valence-corrected chi connectivity index (χ2v) is 8.19. The molecule has 0 fully saturated rings. The van der Waals surface area contributed by atoms with Crippen LogP contribution in [-0.2, 0) is 12.1 Å². The Morgan fingerprint density at radius 2 is 1.77 bits per heavy atom. The van der Waals surface area contributed by atoms with Crippen LogP contribution in [-0.4, -0.2) is 35.1 Å². The normalized spacial score (nSPS) is 11.6. The molecular weight excluding hydrogens is 414 g/mol. The van der Waals surface area contributed by atoms with Gasteiger partial charge in [-0.3, -0.25) is 4.98 Å². The Hall–Kier alpha value is -3.36. The number of aliphatic hydroxyl groups is 1. The number of anilines is 1. The minimum absolute atomic E-state index is 0.124. The van der Waals surface area contributed by atoms with Gasteiger partial charge in [0.2, 0.25) is 5.95 Å². The third-order valence-corrected chi connectivity index (χ3v) is 5.27. The Kier molecular flexibility index (Phi) is 5.43. The number of hydrogen-bond acceptors (Lipinski definition) is 7. The summed E-state index contributed by atoms with van der Waals surface area (Å²) in [5.74, 6) is 0.124. The van der Waals surface area contributed by atoms with Crippen LogP contribution in [0.15, 0.2) is 48.7 Å². The Labute approximate surface area is 184 Å². The SMILES string of the molecule is Cc1cccc(-c2cc(-c3cn(Cc4cccc(C(C)(C)O)n4)nn3)nc(N)n2)c1Cl. The highest BCUT2D eigenvalue weighted by Gasteiger charge is 2.18. The summed E-state index contributed by atoms with van der Waals surface area (Å²) in [5.41, 5.74) is 9.72. The largest absolute Gasteiger partial charge is 0.384 e. The molecule has 0 amide bonds. The second-order valence-electron chi connectivity index (χ2n) is 7.81. The molecule has 0 saturated carbocycles. The van der Waals surface area contributed by atoms with E-state index in [1.165, 1.54) is 0 Å². The Balaban J connectivity index is 1.64. The van der Waals surface area contributed by atoms with Crippen molar-refractivity contribution in [3.63, 3.8) is 0 Å². The van der Waals surface area contributed by atoms with E-state index in [0.29, 0.717) is 34.3 Å². The number of rotatable bonds is 5. The number of aromatic nitrogens is 6. The smallest absolute Gasteiger partial charge is 0.221 e. The van der Waals surface area contributed by atoms with E-state index in [0.717, 1.165) is 16.8 Å². The van der Waals surface area contributed by atoms with E-state index in [1.807, 2.05) is 37.3 Å². The maximum absolute atomic E-state index is 10.2. The van der Waals surface area contributed by atoms with Crippen molar-refractivity contribution in [2.24, 2.45) is 0 Å². The monoisotopic (exact) mass is 435 g/mol. The summed E-state index contributed by atoms with van der Waals surface area (Å²) < 4.78 is 1.66. The minimum atomic E-state index is -1.02. The number of hydrogen-bond donors (Lipinski definition) is 2. The lowest BCUT2D eigenvalue weighted by atomic mass is 10.0. The molecule has 158 valence electrons. The van der Waals surface area contributed by atoms with E-state index >= 15 is 0 Å². The van der Waals surface area contributed by atoms with Gasteiger partial charge in [0.15, 0.2) is 0 Å². The first-order chi connectivity index (χ1) is 14.7. The summed E-state index contributed by atoms with van der Waals surface area (Å²) in [6, 6.07) is 13.0. The van der Waals surface area contributed by atoms with Gasteiger partial charge in [0, 0.05) is 5.56 Å². The van der Waals surface area contributed by atoms with Crippen molar-refractivity contribution in [1.29, 1.82) is 0 Å². The van der Waals surface area contributed by atoms with Gasteiger partial charge in [0.1, 0.15) is 11.3 Å². The summed E-state index contributed by atoms with van der Waals surface area (Å²) in [7, 11) is 0. The molecular formula is C22H22ClN7O. The van der Waals surface area contributed by atoms with Gasteiger partial charge in [-0.15, -0.1) is 5.10 Å². The third kappa shape index (κ3) is 4.55. The molecule has 3 heterocycles. The molecule has 0 unspecified atom stereocenters. The van der Waals surface area contributed by atoms with E-state index in [9.17, 15) is 5.11 Å². The molecule has 1 aromatic carbocycles. The number of nitrogens with two attached hydrogens (primary N) is 1. The van der Waals surface area contributed by atoms with Crippen LogP contribution in [0.1, 0.15) is 30.8 Å². The maximum atomic E-state index is 10.2. The van der Waals surface area contributed by atoms with Crippen molar-refractivity contribution in [2.45, 2.75) is 32.9 Å². The minimum Gasteiger partial charge on any atom is -0.384 e. The van der Waals surface area contributed by atoms with Gasteiger partial charge in [-0.05, 0) is 44.5 Å². The number of halogens is 1. The van der Waals surface area contributed by atoms with Gasteiger partial charge in [-0.1, -0.05) is 41.1 Å². The molecule has 0 bridgehead atoms. The van der Waals surface area contributed by atoms with Crippen molar-refractivity contribution >= 4 is 17.5 Å². The predicted octanol–water partition coefficient (Wildman–Crippen LogP) is 3.62. The average Bonchev–Trinajstić information content (AvgIpc) is 3.18. The topological polar surface area (TPSA) is 116 Å². The van der Waals surface area contributed by atoms with Gasteiger partial charge < -0.3 is 10.8 Å². The van der Waals surface area contributed by atoms with Gasteiger partial charge in [-0.2, -0.15) is 0 Å². The first-order valence-corrected chi connectivity index (χ1v) is 10.1. The van der Waals surface area contributed by atoms with Crippen molar-refractivity contribution in [3.8, 4) is 22.6 Å². The van der Waals surface area contributed by atoms with Crippen molar-refractivity contribution in [3.05, 3.63) is 70.6 Å². The summed E-state index contributed by atoms with van der Waals surface area (Å²) in [5, 5.41) is 19.2. The predicted molar refractivity (Wildman–Crippen MR) is 119 cm³/mol. The molecule has 8 nitrogen and oxygen atoms in total. The molecule has 0 spiro atoms. The van der Waals surface area contributed by atoms with E-state index in [-0.39, 0.29) is 5.95 Å². The van der Waals surface area contributed by atoms with Crippen molar-refractivity contribution in [1.82, 2.24) is 29.9 Å². The fraction of sp³-hybridized carbons (Fsp3) is 0.227. The van der Waals surface area contributed by atoms with Crippen LogP contribution >= 0.6 is 11.6 Å². The van der Waals surface area contributed by atoms with E-state index in [1.54, 1.807) is 36.9 Å². The molecule has 4 aromatic rings. The van der Waals surface area contributed by atoms with Crippen LogP contribution in [0.5, 0.6) is 0 Å². The van der Waals surface area contributed by atoms with Crippen LogP contribution in [0.4, 0.5) is 5.95 Å². The molecule has 0 saturated heterocycles. The number of aryl methyl sites for hydroxylation is 1. The summed E-state index contributed by atoms with van der Waals surface area (Å²) >= 11 is 6.46. The second kappa shape index (κ2) is 8.05. The zero-order chi connectivity index (χ0) is 22.2. The lowest BCUT2D eigenvalue weighted by molar-refractivity contribution is 0.0736. The highest BCUT2D eigenvalue weighted by atomic mass is 35.5. The number of benzene rings is 1. The van der Waals surface area contributed by atoms with Crippen molar-refractivity contribution < 1.29 is 5.11 Å². The summed E-state index contributed by atoms with van der Waals surface area (Å²) in [4.78, 5) is 13.1. The zero-order valence-electron chi connectivity index (χ0n) is 17.4. The molecule has 0 aliphatic rings. The molecule has 3 aromatic heterocycles. The Bertz CT molecular complexity index is 1250. The highest BCUT2D eigenvalue weighted by molar-refractivity contribution is 6.34. The van der Waals surface area contributed by atoms with Crippen LogP contribution in [0.25, 0.3) is 22.6 Å². The third-order valence-electron chi connectivity index (χ3n) is 4.77. The first kappa shape index (κ1) is 20.9. The highest BCUT2D eigenvalue weighted by Crippen LogP contribution is 2.31. The van der Waals surface area contributed by atoms with E-state index in [2.05, 4.69) is 25.3 Å². The molecule has 0 radical (unpaired) electrons. The number of nitrogen functional groups attached to an aromatic ring is 1. The lowest BCUT2D eigenvalue weighted by Gasteiger charge is -2.17. The van der Waals surface area contributed by atoms with Gasteiger partial charge >= 0.3 is 0 Å². The molecule has 31 heavy (non-hydrogen) atoms. The quantitative estimate of drug-likeness (QED) is 0.491. The fourth-order valence-corrected chi connectivity index (χ4v) is 3.37. The summed E-state index contributed by atoms with van der Waals surface area (Å²) in [6.07, 6.45) is 1.77. The molecule has 4 rings (SSSR count). The Morgan fingerprint density at radius 3 is 2.55 bits per heavy atom. The Morgan fingerprint density at radius 1 is 1.03 bits per heavy atom. The molecule has 9 heteroatoms. The number of nitrogens with zero attached hydrogens (tertiary/aromatic N) is 6. The van der Waals surface area contributed by atoms with E-state index < -0.39 is 5.60 Å². The van der Waals surface area contributed by atoms with E-state index in [4.69, 9.17) is 17.3 Å². The molecule has 0 aliphatic carbocycles. The fourth-order valence-electron chi connectivity index (χ4n) is 3.15. The first-order valence-electron chi connectivity index (χ1n) is 9.70. The standard InChI is InChI=1S/C22H22ClN7O/c1-13-6-4-8-15(20(13)23)16-10-17(27-21(24)26-16)18-12-30(29-28-18)11-14-7-5-9-19(25-14)22(2,3)31/h4-10,12,31H,11H2,1-3H3,(H2,24,26,27). The average molecular weight is 436 g/mol. The van der Waals surface area contributed by atoms with Crippen LogP contribution in [0, 0.1) is 6.92 Å². The van der Waals surface area contributed by atoms with Gasteiger partial charge in [-0.25, -0.2) is 14.6 Å². The molecule has 3 N–H and O–H groups in total. The zero-order valence-corrected chi connectivity index (χ0v) is 18.2. The van der Waals surface area contributed by atoms with Crippen LogP contribution in [0.3, 0.4) is 0 Å². The maximum Gasteiger partial charge on any atom is 0.221 e. The van der Waals surface area contributed by atoms with Crippen LogP contribution < -0.4 is 5.73 Å².